The van der Waals surface area contributed by atoms with Gasteiger partial charge in [0.1, 0.15) is 5.78 Å². The summed E-state index contributed by atoms with van der Waals surface area (Å²) < 4.78 is 12.1. The van der Waals surface area contributed by atoms with Gasteiger partial charge in [-0.2, -0.15) is 0 Å². The van der Waals surface area contributed by atoms with Crippen LogP contribution in [0.15, 0.2) is 0 Å². The van der Waals surface area contributed by atoms with Crippen LogP contribution in [0.2, 0.25) is 0 Å². The average molecular weight is 557 g/mol. The van der Waals surface area contributed by atoms with Crippen LogP contribution in [-0.4, -0.2) is 25.3 Å². The highest BCUT2D eigenvalue weighted by Gasteiger charge is 2.63. The van der Waals surface area contributed by atoms with E-state index in [1.165, 1.54) is 57.8 Å². The number of hydrogen-bond acceptors (Lipinski definition) is 3. The first-order chi connectivity index (χ1) is 18.8. The van der Waals surface area contributed by atoms with Gasteiger partial charge in [-0.15, -0.1) is 0 Å². The lowest BCUT2D eigenvalue weighted by atomic mass is 9.40. The monoisotopic (exact) mass is 556 g/mol. The minimum Gasteiger partial charge on any atom is -0.352 e. The summed E-state index contributed by atoms with van der Waals surface area (Å²) in [6.45, 7) is 21.1. The van der Waals surface area contributed by atoms with Crippen molar-refractivity contribution in [2.45, 2.75) is 152 Å². The second kappa shape index (κ2) is 11.6. The summed E-state index contributed by atoms with van der Waals surface area (Å²) >= 11 is 0. The minimum absolute atomic E-state index is 0.0582. The van der Waals surface area contributed by atoms with Crippen molar-refractivity contribution >= 4 is 5.78 Å². The zero-order valence-electron chi connectivity index (χ0n) is 27.7. The van der Waals surface area contributed by atoms with Gasteiger partial charge >= 0.3 is 0 Å². The predicted octanol–water partition coefficient (Wildman–Crippen LogP) is 9.86. The molecule has 5 aliphatic rings. The van der Waals surface area contributed by atoms with Gasteiger partial charge in [0.05, 0.1) is 13.2 Å². The van der Waals surface area contributed by atoms with Crippen LogP contribution in [0, 0.1) is 63.1 Å². The first-order valence-electron chi connectivity index (χ1n) is 17.5. The topological polar surface area (TPSA) is 35.5 Å². The lowest BCUT2D eigenvalue weighted by Gasteiger charge is -2.64. The van der Waals surface area contributed by atoms with Gasteiger partial charge in [0.2, 0.25) is 0 Å². The number of ether oxygens (including phenoxy) is 2. The quantitative estimate of drug-likeness (QED) is 0.283. The number of fused-ring (bicyclic) bond motifs is 5. The number of carbonyl (C=O) groups is 1. The van der Waals surface area contributed by atoms with Crippen LogP contribution in [0.3, 0.4) is 0 Å². The van der Waals surface area contributed by atoms with Crippen LogP contribution in [0.1, 0.15) is 145 Å². The number of rotatable bonds is 9. The van der Waals surface area contributed by atoms with Crippen molar-refractivity contribution in [3.05, 3.63) is 0 Å². The van der Waals surface area contributed by atoms with Crippen LogP contribution < -0.4 is 0 Å². The molecule has 5 rings (SSSR count). The molecule has 1 heterocycles. The fourth-order valence-electron chi connectivity index (χ4n) is 11.8. The molecule has 0 N–H and O–H groups in total. The van der Waals surface area contributed by atoms with Crippen molar-refractivity contribution in [3.8, 4) is 0 Å². The molecule has 5 fully saturated rings. The van der Waals surface area contributed by atoms with Crippen LogP contribution in [0.4, 0.5) is 0 Å². The summed E-state index contributed by atoms with van der Waals surface area (Å²) in [4.78, 5) is 13.5. The van der Waals surface area contributed by atoms with Gasteiger partial charge in [0.25, 0.3) is 0 Å². The van der Waals surface area contributed by atoms with E-state index in [0.29, 0.717) is 17.1 Å². The first-order valence-corrected chi connectivity index (χ1v) is 17.5. The molecular weight excluding hydrogens is 492 g/mol. The summed E-state index contributed by atoms with van der Waals surface area (Å²) in [5.74, 6) is 6.30. The number of carbonyl (C=O) groups excluding carboxylic acids is 1. The van der Waals surface area contributed by atoms with E-state index in [9.17, 15) is 4.79 Å². The summed E-state index contributed by atoms with van der Waals surface area (Å²) in [6.07, 6.45) is 17.4. The van der Waals surface area contributed by atoms with Crippen molar-refractivity contribution in [1.82, 2.24) is 0 Å². The van der Waals surface area contributed by atoms with Crippen molar-refractivity contribution in [2.75, 3.05) is 13.2 Å². The molecule has 0 bridgehead atoms. The van der Waals surface area contributed by atoms with E-state index in [1.807, 2.05) is 0 Å². The smallest absolute Gasteiger partial charge is 0.157 e. The molecular formula is C37H64O3. The first kappa shape index (κ1) is 31.0. The molecule has 4 aliphatic carbocycles. The van der Waals surface area contributed by atoms with E-state index in [1.54, 1.807) is 0 Å². The number of Topliss-reactive ketones (excluding diaryl/α,β-unsaturated/α-hetero) is 1. The molecule has 0 amide bonds. The molecule has 230 valence electrons. The lowest BCUT2D eigenvalue weighted by molar-refractivity contribution is -0.225. The molecule has 1 saturated heterocycles. The molecule has 0 unspecified atom stereocenters. The third kappa shape index (κ3) is 5.87. The molecule has 40 heavy (non-hydrogen) atoms. The van der Waals surface area contributed by atoms with Crippen LogP contribution in [0.25, 0.3) is 0 Å². The lowest BCUT2D eigenvalue weighted by Crippen LogP contribution is -2.58. The van der Waals surface area contributed by atoms with E-state index in [0.717, 1.165) is 80.8 Å². The number of hydrogen-bond donors (Lipinski definition) is 0. The van der Waals surface area contributed by atoms with Gasteiger partial charge in [0.15, 0.2) is 6.29 Å². The summed E-state index contributed by atoms with van der Waals surface area (Å²) in [7, 11) is 0. The Balaban J connectivity index is 1.24. The highest BCUT2D eigenvalue weighted by Crippen LogP contribution is 2.70. The molecule has 3 nitrogen and oxygen atoms in total. The Hall–Kier alpha value is -0.410. The molecule has 0 aromatic heterocycles. The molecule has 1 aliphatic heterocycles. The van der Waals surface area contributed by atoms with E-state index in [2.05, 4.69) is 55.4 Å². The van der Waals surface area contributed by atoms with Crippen molar-refractivity contribution < 1.29 is 14.3 Å². The Kier molecular flexibility index (Phi) is 8.99. The third-order valence-electron chi connectivity index (χ3n) is 13.6. The van der Waals surface area contributed by atoms with Crippen LogP contribution in [0.5, 0.6) is 0 Å². The zero-order valence-corrected chi connectivity index (χ0v) is 27.7. The number of ketones is 1. The molecule has 0 radical (unpaired) electrons. The largest absolute Gasteiger partial charge is 0.352 e. The highest BCUT2D eigenvalue weighted by atomic mass is 16.7. The van der Waals surface area contributed by atoms with Crippen LogP contribution >= 0.6 is 0 Å². The predicted molar refractivity (Wildman–Crippen MR) is 165 cm³/mol. The second-order valence-electron chi connectivity index (χ2n) is 17.7. The molecule has 0 aromatic carbocycles. The van der Waals surface area contributed by atoms with Gasteiger partial charge in [-0.3, -0.25) is 4.79 Å². The summed E-state index contributed by atoms with van der Waals surface area (Å²) in [5.41, 5.74) is 0.974. The second-order valence-corrected chi connectivity index (χ2v) is 17.7. The third-order valence-corrected chi connectivity index (χ3v) is 13.6. The Morgan fingerprint density at radius 2 is 1.50 bits per heavy atom. The van der Waals surface area contributed by atoms with Gasteiger partial charge in [0, 0.05) is 18.3 Å². The van der Waals surface area contributed by atoms with Crippen LogP contribution in [-0.2, 0) is 14.3 Å². The normalized spacial score (nSPS) is 44.2. The van der Waals surface area contributed by atoms with Gasteiger partial charge in [-0.25, -0.2) is 0 Å². The van der Waals surface area contributed by atoms with Gasteiger partial charge < -0.3 is 9.47 Å². The summed E-state index contributed by atoms with van der Waals surface area (Å²) in [5, 5.41) is 0. The maximum atomic E-state index is 13.5. The molecule has 9 atom stereocenters. The van der Waals surface area contributed by atoms with Crippen molar-refractivity contribution in [2.24, 2.45) is 63.1 Å². The van der Waals surface area contributed by atoms with Crippen molar-refractivity contribution in [1.29, 1.82) is 0 Å². The fraction of sp³-hybridized carbons (Fsp3) is 0.973. The standard InChI is InChI=1S/C37H64O3/c1-25(2)11-9-12-26(3)29-15-16-30-28-14-17-32-35(6,19-10-13-33-39-23-34(4,5)24-40-33)21-27(38)22-37(32,8)31(28)18-20-36(29,30)7/h25-26,28-33H,9-24H2,1-8H3/t26-,28+,29-,30+,31+,32+,35-,36-,37-/m1/s1. The molecule has 3 heteroatoms. The highest BCUT2D eigenvalue weighted by molar-refractivity contribution is 5.81. The SMILES string of the molecule is CC(C)CCC[C@@H](C)[C@H]1CC[C@H]2[C@@H]3CC[C@H]4[C@](C)(CCCC5OCC(C)(C)CO5)CC(=O)C[C@]4(C)[C@H]3CC[C@]12C. The zero-order chi connectivity index (χ0) is 28.9. The molecule has 4 saturated carbocycles. The average Bonchev–Trinajstić information content (AvgIpc) is 3.21. The Morgan fingerprint density at radius 1 is 0.800 bits per heavy atom. The van der Waals surface area contributed by atoms with E-state index in [4.69, 9.17) is 9.47 Å². The maximum Gasteiger partial charge on any atom is 0.157 e. The maximum absolute atomic E-state index is 13.5. The van der Waals surface area contributed by atoms with Gasteiger partial charge in [-0.05, 0) is 115 Å². The van der Waals surface area contributed by atoms with E-state index < -0.39 is 0 Å². The minimum atomic E-state index is -0.0582. The Bertz CT molecular complexity index is 884. The fourth-order valence-corrected chi connectivity index (χ4v) is 11.8. The van der Waals surface area contributed by atoms with E-state index in [-0.39, 0.29) is 22.5 Å². The van der Waals surface area contributed by atoms with Gasteiger partial charge in [-0.1, -0.05) is 74.7 Å². The Morgan fingerprint density at radius 3 is 2.20 bits per heavy atom. The molecule has 0 spiro atoms. The molecule has 0 aromatic rings. The summed E-state index contributed by atoms with van der Waals surface area (Å²) in [6, 6.07) is 0. The van der Waals surface area contributed by atoms with Crippen molar-refractivity contribution in [3.63, 3.8) is 0 Å². The Labute approximate surface area is 247 Å². The van der Waals surface area contributed by atoms with E-state index >= 15 is 0 Å².